The first-order valence-corrected chi connectivity index (χ1v) is 20.4. The maximum atomic E-state index is 11.5. The molecule has 0 saturated heterocycles. The Kier molecular flexibility index (Phi) is 51.4. The molecule has 296 valence electrons. The first-order chi connectivity index (χ1) is 23.9. The highest BCUT2D eigenvalue weighted by Gasteiger charge is 2.26. The molecule has 1 aromatic rings. The lowest BCUT2D eigenvalue weighted by atomic mass is 9.76. The van der Waals surface area contributed by atoms with Crippen molar-refractivity contribution >= 4 is 24.1 Å². The minimum atomic E-state index is -0.329. The fraction of sp³-hybridized carbons (Fsp3) is 0.778. The summed E-state index contributed by atoms with van der Waals surface area (Å²) >= 11 is 0. The van der Waals surface area contributed by atoms with E-state index in [9.17, 15) is 14.4 Å². The van der Waals surface area contributed by atoms with Crippen molar-refractivity contribution in [2.45, 2.75) is 193 Å². The van der Waals surface area contributed by atoms with Gasteiger partial charge in [-0.3, -0.25) is 14.4 Å². The van der Waals surface area contributed by atoms with Gasteiger partial charge >= 0.3 is 0 Å². The van der Waals surface area contributed by atoms with Crippen LogP contribution in [0.1, 0.15) is 198 Å². The maximum Gasteiger partial charge on any atom is 0.200 e. The highest BCUT2D eigenvalue weighted by molar-refractivity contribution is 6.36. The van der Waals surface area contributed by atoms with Crippen molar-refractivity contribution in [2.75, 3.05) is 13.2 Å². The second kappa shape index (κ2) is 44.9. The molecule has 1 fully saturated rings. The van der Waals surface area contributed by atoms with Crippen molar-refractivity contribution in [3.63, 3.8) is 0 Å². The summed E-state index contributed by atoms with van der Waals surface area (Å²) < 4.78 is 5.09. The van der Waals surface area contributed by atoms with E-state index in [1.54, 1.807) is 13.8 Å². The van der Waals surface area contributed by atoms with Gasteiger partial charge in [-0.1, -0.05) is 158 Å². The molecule has 0 N–H and O–H groups in total. The quantitative estimate of drug-likeness (QED) is 0.160. The molecule has 1 aliphatic rings. The molecule has 0 amide bonds. The first kappa shape index (κ1) is 57.2. The van der Waals surface area contributed by atoms with Gasteiger partial charge in [-0.15, -0.1) is 0 Å². The zero-order valence-corrected chi connectivity index (χ0v) is 35.8. The number of carbonyl (C=O) groups is 4. The first-order valence-electron chi connectivity index (χ1n) is 20.4. The van der Waals surface area contributed by atoms with Crippen LogP contribution in [0.4, 0.5) is 0 Å². The molecular weight excluding hydrogens is 620 g/mol. The van der Waals surface area contributed by atoms with Crippen molar-refractivity contribution < 1.29 is 23.9 Å². The average molecular weight is 707 g/mol. The van der Waals surface area contributed by atoms with E-state index in [4.69, 9.17) is 9.53 Å². The second-order valence-corrected chi connectivity index (χ2v) is 13.4. The van der Waals surface area contributed by atoms with Gasteiger partial charge in [-0.25, -0.2) is 0 Å². The molecule has 2 unspecified atom stereocenters. The normalized spacial score (nSPS) is 12.9. The molecule has 5 nitrogen and oxygen atoms in total. The van der Waals surface area contributed by atoms with Gasteiger partial charge in [0.05, 0.1) is 0 Å². The Hall–Kier alpha value is -2.14. The zero-order valence-electron chi connectivity index (χ0n) is 35.8. The van der Waals surface area contributed by atoms with Crippen LogP contribution in [0.2, 0.25) is 0 Å². The van der Waals surface area contributed by atoms with Crippen LogP contribution in [0.25, 0.3) is 0 Å². The van der Waals surface area contributed by atoms with Crippen LogP contribution < -0.4 is 0 Å². The van der Waals surface area contributed by atoms with Crippen LogP contribution in [0.15, 0.2) is 30.3 Å². The van der Waals surface area contributed by atoms with Gasteiger partial charge < -0.3 is 9.53 Å². The van der Waals surface area contributed by atoms with Crippen molar-refractivity contribution in [1.29, 1.82) is 0 Å². The van der Waals surface area contributed by atoms with Crippen LogP contribution in [-0.2, 0) is 23.9 Å². The summed E-state index contributed by atoms with van der Waals surface area (Å²) in [7, 11) is 0. The molecule has 1 aromatic carbocycles. The monoisotopic (exact) mass is 707 g/mol. The van der Waals surface area contributed by atoms with E-state index in [2.05, 4.69) is 78.8 Å². The average Bonchev–Trinajstić information content (AvgIpc) is 3.13. The number of unbranched alkanes of at least 4 members (excludes halogenated alkanes) is 1. The molecule has 2 atom stereocenters. The molecule has 0 aromatic heterocycles. The molecule has 0 heterocycles. The van der Waals surface area contributed by atoms with E-state index >= 15 is 0 Å². The van der Waals surface area contributed by atoms with Gasteiger partial charge in [-0.05, 0) is 75.7 Å². The molecule has 0 aliphatic heterocycles. The number of benzene rings is 1. The van der Waals surface area contributed by atoms with Crippen LogP contribution in [-0.4, -0.2) is 37.4 Å². The number of ketones is 3. The smallest absolute Gasteiger partial charge is 0.200 e. The van der Waals surface area contributed by atoms with Gasteiger partial charge in [0.2, 0.25) is 5.78 Å². The topological polar surface area (TPSA) is 77.5 Å². The number of hydrogen-bond acceptors (Lipinski definition) is 5. The third-order valence-corrected chi connectivity index (χ3v) is 8.22. The molecule has 5 heteroatoms. The molecule has 0 bridgehead atoms. The van der Waals surface area contributed by atoms with Gasteiger partial charge in [-0.2, -0.15) is 0 Å². The van der Waals surface area contributed by atoms with Gasteiger partial charge in [0.15, 0.2) is 5.78 Å². The summed E-state index contributed by atoms with van der Waals surface area (Å²) in [4.78, 5) is 40.7. The van der Waals surface area contributed by atoms with E-state index in [-0.39, 0.29) is 17.5 Å². The molecule has 50 heavy (non-hydrogen) atoms. The highest BCUT2D eigenvalue weighted by Crippen LogP contribution is 2.33. The third kappa shape index (κ3) is 37.1. The molecule has 1 saturated carbocycles. The standard InChI is InChI=1S/C13H24O.C13H20.C7H12O2.C6H14O.C3H8.C2H6.CH2O/c1-3-4-10-13(11(2)14)12-8-6-5-7-9-12;1-3-8-12(9-4-2)13-10-6-5-7-11-13;1-4-5(2)7(9)6(3)8;1-4-7-5-6(2)3;1-3-2;2*1-2/h12-13H,3-10H2,1-2H3;5-7,10-12H,3-4,8-9H2,1-2H3;5H,4H2,1-3H3;6H,4-5H2,1-3H3;3H2,1-2H3;1-2H3;1H2. The molecule has 2 rings (SSSR count). The van der Waals surface area contributed by atoms with E-state index < -0.39 is 0 Å². The van der Waals surface area contributed by atoms with E-state index in [1.807, 2.05) is 34.5 Å². The Bertz CT molecular complexity index is 823. The Morgan fingerprint density at radius 1 is 0.760 bits per heavy atom. The minimum absolute atomic E-state index is 0.0949. The summed E-state index contributed by atoms with van der Waals surface area (Å²) in [6.45, 7) is 31.8. The van der Waals surface area contributed by atoms with Crippen LogP contribution in [0.5, 0.6) is 0 Å². The number of Topliss-reactive ketones (excluding diaryl/α,β-unsaturated/α-hetero) is 3. The minimum Gasteiger partial charge on any atom is -0.381 e. The van der Waals surface area contributed by atoms with Crippen LogP contribution in [0.3, 0.4) is 0 Å². The molecule has 0 spiro atoms. The van der Waals surface area contributed by atoms with Crippen molar-refractivity contribution in [1.82, 2.24) is 0 Å². The van der Waals surface area contributed by atoms with E-state index in [1.165, 1.54) is 89.5 Å². The predicted molar refractivity (Wildman–Crippen MR) is 220 cm³/mol. The summed E-state index contributed by atoms with van der Waals surface area (Å²) in [5.74, 6) is 2.33. The van der Waals surface area contributed by atoms with Crippen molar-refractivity contribution in [3.05, 3.63) is 35.9 Å². The third-order valence-electron chi connectivity index (χ3n) is 8.22. The summed E-state index contributed by atoms with van der Waals surface area (Å²) in [5, 5.41) is 0. The fourth-order valence-electron chi connectivity index (χ4n) is 5.52. The Morgan fingerprint density at radius 3 is 1.54 bits per heavy atom. The van der Waals surface area contributed by atoms with E-state index in [0.717, 1.165) is 32.0 Å². The lowest BCUT2D eigenvalue weighted by Crippen LogP contribution is -2.24. The Morgan fingerprint density at radius 2 is 1.24 bits per heavy atom. The summed E-state index contributed by atoms with van der Waals surface area (Å²) in [6, 6.07) is 10.9. The summed E-state index contributed by atoms with van der Waals surface area (Å²) in [6.07, 6.45) is 17.5. The second-order valence-electron chi connectivity index (χ2n) is 13.4. The van der Waals surface area contributed by atoms with Gasteiger partial charge in [0.1, 0.15) is 12.6 Å². The Balaban J connectivity index is -0.000000174. The maximum absolute atomic E-state index is 11.5. The molecule has 1 aliphatic carbocycles. The lowest BCUT2D eigenvalue weighted by molar-refractivity contribution is -0.137. The number of carbonyl (C=O) groups excluding carboxylic acids is 4. The highest BCUT2D eigenvalue weighted by atomic mass is 16.5. The molecular formula is C45H86O5. The largest absolute Gasteiger partial charge is 0.381 e. The number of ether oxygens (including phenoxy) is 1. The summed E-state index contributed by atoms with van der Waals surface area (Å²) in [5.41, 5.74) is 1.52. The van der Waals surface area contributed by atoms with Crippen molar-refractivity contribution in [2.24, 2.45) is 23.7 Å². The SMILES string of the molecule is C=O.CC.CCC.CCC(C)C(=O)C(C)=O.CCCC(CCC)c1ccccc1.CCCCC(C(C)=O)C1CCCCC1.CCOCC(C)C. The van der Waals surface area contributed by atoms with Crippen molar-refractivity contribution in [3.8, 4) is 0 Å². The molecule has 0 radical (unpaired) electrons. The fourth-order valence-corrected chi connectivity index (χ4v) is 5.52. The van der Waals surface area contributed by atoms with E-state index in [0.29, 0.717) is 23.5 Å². The lowest BCUT2D eigenvalue weighted by Gasteiger charge is -2.28. The number of rotatable bonds is 16. The predicted octanol–water partition coefficient (Wildman–Crippen LogP) is 13.5. The van der Waals surface area contributed by atoms with Gasteiger partial charge in [0.25, 0.3) is 0 Å². The zero-order chi connectivity index (χ0) is 39.8. The van der Waals surface area contributed by atoms with Gasteiger partial charge in [0, 0.05) is 32.0 Å². The Labute approximate surface area is 312 Å². The number of hydrogen-bond donors (Lipinski definition) is 0. The van der Waals surface area contributed by atoms with Crippen LogP contribution in [0, 0.1) is 23.7 Å². The van der Waals surface area contributed by atoms with Crippen LogP contribution >= 0.6 is 0 Å².